The Hall–Kier alpha value is -2.97. The van der Waals surface area contributed by atoms with Crippen LogP contribution in [0.4, 0.5) is 4.39 Å². The number of aromatic amines is 1. The van der Waals surface area contributed by atoms with E-state index in [0.29, 0.717) is 21.9 Å². The quantitative estimate of drug-likeness (QED) is 0.318. The Bertz CT molecular complexity index is 1280. The van der Waals surface area contributed by atoms with Crippen LogP contribution in [0.2, 0.25) is 0 Å². The number of hydrogen-bond acceptors (Lipinski definition) is 5. The smallest absolute Gasteiger partial charge is 0.260 e. The maximum atomic E-state index is 13.2. The number of benzene rings is 2. The molecule has 5 nitrogen and oxygen atoms in total. The number of carbonyl (C=O) groups is 1. The zero-order valence-corrected chi connectivity index (χ0v) is 18.4. The maximum Gasteiger partial charge on any atom is 0.260 e. The van der Waals surface area contributed by atoms with E-state index in [1.165, 1.54) is 46.4 Å². The van der Waals surface area contributed by atoms with Gasteiger partial charge in [-0.05, 0) is 42.2 Å². The summed E-state index contributed by atoms with van der Waals surface area (Å²) in [5.41, 5.74) is 3.62. The first-order valence-corrected chi connectivity index (χ1v) is 11.6. The summed E-state index contributed by atoms with van der Waals surface area (Å²) in [4.78, 5) is 32.7. The molecule has 0 aliphatic rings. The highest BCUT2D eigenvalue weighted by atomic mass is 32.2. The van der Waals surface area contributed by atoms with Crippen LogP contribution in [0.15, 0.2) is 63.9 Å². The van der Waals surface area contributed by atoms with Gasteiger partial charge in [0, 0.05) is 17.5 Å². The van der Waals surface area contributed by atoms with Gasteiger partial charge in [0.1, 0.15) is 10.6 Å². The predicted octanol–water partition coefficient (Wildman–Crippen LogP) is 4.55. The van der Waals surface area contributed by atoms with E-state index in [4.69, 9.17) is 0 Å². The Balaban J connectivity index is 1.39. The number of nitrogens with zero attached hydrogens (tertiary/aromatic N) is 1. The van der Waals surface area contributed by atoms with Gasteiger partial charge in [0.2, 0.25) is 5.91 Å². The maximum absolute atomic E-state index is 13.2. The van der Waals surface area contributed by atoms with E-state index in [0.717, 1.165) is 17.5 Å². The van der Waals surface area contributed by atoms with Crippen LogP contribution in [-0.4, -0.2) is 28.2 Å². The number of thioether (sulfide) groups is 1. The number of nitrogens with one attached hydrogen (secondary N) is 2. The van der Waals surface area contributed by atoms with Gasteiger partial charge in [-0.25, -0.2) is 9.37 Å². The summed E-state index contributed by atoms with van der Waals surface area (Å²) in [6.07, 6.45) is 0.769. The molecule has 0 aliphatic heterocycles. The Kier molecular flexibility index (Phi) is 6.48. The number of aromatic nitrogens is 2. The minimum atomic E-state index is -0.328. The van der Waals surface area contributed by atoms with Crippen molar-refractivity contribution in [1.82, 2.24) is 15.3 Å². The summed E-state index contributed by atoms with van der Waals surface area (Å²) in [7, 11) is 0. The molecule has 31 heavy (non-hydrogen) atoms. The monoisotopic (exact) mass is 453 g/mol. The lowest BCUT2D eigenvalue weighted by atomic mass is 10.1. The van der Waals surface area contributed by atoms with Gasteiger partial charge in [0.15, 0.2) is 5.16 Å². The zero-order valence-electron chi connectivity index (χ0n) is 16.8. The molecule has 4 aromatic rings. The van der Waals surface area contributed by atoms with Gasteiger partial charge < -0.3 is 10.3 Å². The number of aryl methyl sites for hydroxylation is 1. The number of thiophene rings is 1. The van der Waals surface area contributed by atoms with E-state index in [1.54, 1.807) is 12.1 Å². The van der Waals surface area contributed by atoms with E-state index in [9.17, 15) is 14.0 Å². The third kappa shape index (κ3) is 5.03. The highest BCUT2D eigenvalue weighted by molar-refractivity contribution is 7.99. The molecule has 0 fully saturated rings. The summed E-state index contributed by atoms with van der Waals surface area (Å²) < 4.78 is 13.2. The summed E-state index contributed by atoms with van der Waals surface area (Å²) in [5, 5.41) is 5.62. The number of hydrogen-bond donors (Lipinski definition) is 2. The lowest BCUT2D eigenvalue weighted by Gasteiger charge is -2.07. The van der Waals surface area contributed by atoms with Crippen molar-refractivity contribution in [3.63, 3.8) is 0 Å². The topological polar surface area (TPSA) is 74.8 Å². The van der Waals surface area contributed by atoms with Crippen LogP contribution in [0.25, 0.3) is 21.3 Å². The van der Waals surface area contributed by atoms with Gasteiger partial charge in [-0.15, -0.1) is 11.3 Å². The molecule has 2 aromatic carbocycles. The first kappa shape index (κ1) is 21.3. The van der Waals surface area contributed by atoms with Crippen LogP contribution in [-0.2, 0) is 11.2 Å². The minimum Gasteiger partial charge on any atom is -0.355 e. The molecular formula is C23H20FN3O2S2. The number of fused-ring (bicyclic) bond motifs is 1. The van der Waals surface area contributed by atoms with Crippen molar-refractivity contribution < 1.29 is 9.18 Å². The van der Waals surface area contributed by atoms with Crippen LogP contribution < -0.4 is 10.9 Å². The molecule has 0 aliphatic carbocycles. The largest absolute Gasteiger partial charge is 0.355 e. The van der Waals surface area contributed by atoms with Gasteiger partial charge in [-0.3, -0.25) is 9.59 Å². The lowest BCUT2D eigenvalue weighted by Crippen LogP contribution is -2.27. The Morgan fingerprint density at radius 2 is 1.97 bits per heavy atom. The van der Waals surface area contributed by atoms with Crippen molar-refractivity contribution in [3.8, 4) is 11.1 Å². The second kappa shape index (κ2) is 9.45. The zero-order chi connectivity index (χ0) is 21.8. The molecule has 1 amide bonds. The van der Waals surface area contributed by atoms with Crippen molar-refractivity contribution in [1.29, 1.82) is 0 Å². The summed E-state index contributed by atoms with van der Waals surface area (Å²) in [6, 6.07) is 14.1. The predicted molar refractivity (Wildman–Crippen MR) is 124 cm³/mol. The van der Waals surface area contributed by atoms with Crippen LogP contribution in [0.3, 0.4) is 0 Å². The van der Waals surface area contributed by atoms with E-state index in [-0.39, 0.29) is 23.0 Å². The molecule has 0 saturated carbocycles. The average molecular weight is 454 g/mol. The number of halogens is 1. The molecule has 8 heteroatoms. The minimum absolute atomic E-state index is 0.112. The van der Waals surface area contributed by atoms with Crippen LogP contribution in [0, 0.1) is 12.7 Å². The Morgan fingerprint density at radius 3 is 2.74 bits per heavy atom. The first-order valence-electron chi connectivity index (χ1n) is 9.73. The molecule has 158 valence electrons. The molecule has 2 N–H and O–H groups in total. The molecule has 0 spiro atoms. The molecule has 0 saturated heterocycles. The third-order valence-corrected chi connectivity index (χ3v) is 6.64. The summed E-state index contributed by atoms with van der Waals surface area (Å²) in [6.45, 7) is 2.61. The molecule has 2 heterocycles. The molecule has 0 bridgehead atoms. The molecule has 4 rings (SSSR count). The standard InChI is InChI=1S/C23H20FN3O2S2/c1-14-4-2-3-5-15(14)10-11-25-19(28)13-31-23-26-21(29)20-18(12-30-22(20)27-23)16-6-8-17(24)9-7-16/h2-9,12H,10-11,13H2,1H3,(H,25,28)(H,26,27,29). The van der Waals surface area contributed by atoms with E-state index >= 15 is 0 Å². The second-order valence-electron chi connectivity index (χ2n) is 7.02. The fraction of sp³-hybridized carbons (Fsp3) is 0.174. The van der Waals surface area contributed by atoms with E-state index in [2.05, 4.69) is 34.3 Å². The van der Waals surface area contributed by atoms with Gasteiger partial charge >= 0.3 is 0 Å². The van der Waals surface area contributed by atoms with Crippen molar-refractivity contribution >= 4 is 39.2 Å². The van der Waals surface area contributed by atoms with Crippen LogP contribution in [0.5, 0.6) is 0 Å². The fourth-order valence-electron chi connectivity index (χ4n) is 3.25. The molecular weight excluding hydrogens is 433 g/mol. The second-order valence-corrected chi connectivity index (χ2v) is 8.84. The van der Waals surface area contributed by atoms with Crippen molar-refractivity contribution in [2.45, 2.75) is 18.5 Å². The van der Waals surface area contributed by atoms with Crippen molar-refractivity contribution in [3.05, 3.63) is 81.2 Å². The lowest BCUT2D eigenvalue weighted by molar-refractivity contribution is -0.118. The summed E-state index contributed by atoms with van der Waals surface area (Å²) >= 11 is 2.54. The van der Waals surface area contributed by atoms with Crippen LogP contribution in [0.1, 0.15) is 11.1 Å². The molecule has 2 aromatic heterocycles. The fourth-order valence-corrected chi connectivity index (χ4v) is 4.95. The Morgan fingerprint density at radius 1 is 1.19 bits per heavy atom. The normalized spacial score (nSPS) is 11.0. The van der Waals surface area contributed by atoms with Crippen molar-refractivity contribution in [2.75, 3.05) is 12.3 Å². The number of rotatable bonds is 7. The molecule has 0 atom stereocenters. The van der Waals surface area contributed by atoms with Crippen LogP contribution >= 0.6 is 23.1 Å². The van der Waals surface area contributed by atoms with E-state index < -0.39 is 0 Å². The van der Waals surface area contributed by atoms with E-state index in [1.807, 2.05) is 17.5 Å². The first-order chi connectivity index (χ1) is 15.0. The van der Waals surface area contributed by atoms with Gasteiger partial charge in [-0.1, -0.05) is 48.2 Å². The SMILES string of the molecule is Cc1ccccc1CCNC(=O)CSc1nc2scc(-c3ccc(F)cc3)c2c(=O)[nH]1. The number of amides is 1. The third-order valence-electron chi connectivity index (χ3n) is 4.90. The molecule has 0 radical (unpaired) electrons. The average Bonchev–Trinajstić information content (AvgIpc) is 3.19. The molecule has 0 unspecified atom stereocenters. The van der Waals surface area contributed by atoms with Gasteiger partial charge in [-0.2, -0.15) is 0 Å². The Labute approximate surface area is 186 Å². The summed E-state index contributed by atoms with van der Waals surface area (Å²) in [5.74, 6) is -0.274. The van der Waals surface area contributed by atoms with Crippen molar-refractivity contribution in [2.24, 2.45) is 0 Å². The number of H-pyrrole nitrogens is 1. The van der Waals surface area contributed by atoms with Gasteiger partial charge in [0.25, 0.3) is 5.56 Å². The van der Waals surface area contributed by atoms with Gasteiger partial charge in [0.05, 0.1) is 11.1 Å². The number of carbonyl (C=O) groups excluding carboxylic acids is 1. The highest BCUT2D eigenvalue weighted by Gasteiger charge is 2.14. The highest BCUT2D eigenvalue weighted by Crippen LogP contribution is 2.31.